The first kappa shape index (κ1) is 10.0. The number of aliphatic hydroxyl groups excluding tert-OH is 1. The summed E-state index contributed by atoms with van der Waals surface area (Å²) < 4.78 is 1.02. The van der Waals surface area contributed by atoms with Crippen LogP contribution in [0.25, 0.3) is 0 Å². The molecule has 0 radical (unpaired) electrons. The van der Waals surface area contributed by atoms with Gasteiger partial charge in [0, 0.05) is 5.92 Å². The van der Waals surface area contributed by atoms with Gasteiger partial charge >= 0.3 is 0 Å². The average Bonchev–Trinajstić information content (AvgIpc) is 2.07. The topological polar surface area (TPSA) is 20.2 Å². The molecule has 0 bridgehead atoms. The highest BCUT2D eigenvalue weighted by atomic mass is 16.3. The Hall–Kier alpha value is -0.0800. The Morgan fingerprint density at radius 3 is 2.17 bits per heavy atom. The molecule has 0 aliphatic heterocycles. The van der Waals surface area contributed by atoms with Gasteiger partial charge in [-0.1, -0.05) is 6.92 Å². The summed E-state index contributed by atoms with van der Waals surface area (Å²) in [6.45, 7) is 3.35. The number of hydrogen-bond donors (Lipinski definition) is 1. The van der Waals surface area contributed by atoms with Crippen LogP contribution in [-0.2, 0) is 0 Å². The summed E-state index contributed by atoms with van der Waals surface area (Å²) in [6, 6.07) is 0. The van der Waals surface area contributed by atoms with Crippen LogP contribution in [0.4, 0.5) is 0 Å². The molecule has 1 rings (SSSR count). The van der Waals surface area contributed by atoms with Crippen LogP contribution in [-0.4, -0.2) is 43.4 Å². The van der Waals surface area contributed by atoms with Crippen molar-refractivity contribution in [2.24, 2.45) is 11.8 Å². The van der Waals surface area contributed by atoms with Crippen molar-refractivity contribution in [3.05, 3.63) is 0 Å². The Morgan fingerprint density at radius 2 is 1.83 bits per heavy atom. The fourth-order valence-electron chi connectivity index (χ4n) is 2.28. The van der Waals surface area contributed by atoms with Gasteiger partial charge in [-0.2, -0.15) is 0 Å². The average molecular weight is 172 g/mol. The van der Waals surface area contributed by atoms with E-state index in [-0.39, 0.29) is 6.10 Å². The monoisotopic (exact) mass is 172 g/mol. The fraction of sp³-hybridized carbons (Fsp3) is 1.00. The molecule has 0 saturated heterocycles. The van der Waals surface area contributed by atoms with E-state index in [4.69, 9.17) is 0 Å². The van der Waals surface area contributed by atoms with Gasteiger partial charge in [0.05, 0.1) is 33.8 Å². The molecule has 1 fully saturated rings. The molecule has 1 aliphatic rings. The molecule has 0 aromatic rings. The second-order valence-corrected chi connectivity index (χ2v) is 5.35. The summed E-state index contributed by atoms with van der Waals surface area (Å²) >= 11 is 0. The van der Waals surface area contributed by atoms with Gasteiger partial charge in [-0.3, -0.25) is 0 Å². The second kappa shape index (κ2) is 3.35. The molecular weight excluding hydrogens is 150 g/mol. The Morgan fingerprint density at radius 1 is 1.25 bits per heavy atom. The number of aliphatic hydroxyl groups is 1. The first-order valence-corrected chi connectivity index (χ1v) is 4.87. The van der Waals surface area contributed by atoms with Crippen LogP contribution >= 0.6 is 0 Å². The van der Waals surface area contributed by atoms with E-state index in [1.54, 1.807) is 0 Å². The van der Waals surface area contributed by atoms with Gasteiger partial charge in [-0.25, -0.2) is 0 Å². The zero-order valence-electron chi connectivity index (χ0n) is 8.75. The van der Waals surface area contributed by atoms with E-state index in [1.807, 2.05) is 0 Å². The molecule has 72 valence electrons. The summed E-state index contributed by atoms with van der Waals surface area (Å²) in [5.74, 6) is 1.25. The summed E-state index contributed by atoms with van der Waals surface area (Å²) in [5.41, 5.74) is 0. The van der Waals surface area contributed by atoms with E-state index in [9.17, 15) is 5.11 Å². The lowest BCUT2D eigenvalue weighted by molar-refractivity contribution is -0.873. The Kier molecular flexibility index (Phi) is 2.79. The van der Waals surface area contributed by atoms with Crippen molar-refractivity contribution in [3.8, 4) is 0 Å². The van der Waals surface area contributed by atoms with Crippen molar-refractivity contribution in [2.45, 2.75) is 25.9 Å². The van der Waals surface area contributed by atoms with Gasteiger partial charge in [0.15, 0.2) is 0 Å². The fourth-order valence-corrected chi connectivity index (χ4v) is 2.28. The minimum absolute atomic E-state index is 0.0402. The Bertz CT molecular complexity index is 140. The summed E-state index contributed by atoms with van der Waals surface area (Å²) in [4.78, 5) is 0. The van der Waals surface area contributed by atoms with Crippen LogP contribution < -0.4 is 0 Å². The second-order valence-electron chi connectivity index (χ2n) is 5.35. The normalized spacial score (nSPS) is 37.2. The van der Waals surface area contributed by atoms with Gasteiger partial charge < -0.3 is 9.59 Å². The number of rotatable bonds is 2. The van der Waals surface area contributed by atoms with E-state index in [2.05, 4.69) is 28.1 Å². The summed E-state index contributed by atoms with van der Waals surface area (Å²) in [6.07, 6.45) is 2.18. The van der Waals surface area contributed by atoms with Gasteiger partial charge in [0.2, 0.25) is 0 Å². The zero-order valence-corrected chi connectivity index (χ0v) is 8.75. The number of hydrogen-bond acceptors (Lipinski definition) is 1. The molecule has 0 aromatic carbocycles. The van der Waals surface area contributed by atoms with E-state index in [0.29, 0.717) is 5.92 Å². The Balaban J connectivity index is 2.38. The van der Waals surface area contributed by atoms with Crippen molar-refractivity contribution in [3.63, 3.8) is 0 Å². The van der Waals surface area contributed by atoms with E-state index >= 15 is 0 Å². The lowest BCUT2D eigenvalue weighted by Crippen LogP contribution is -2.38. The standard InChI is InChI=1S/C10H22NO/c1-8-5-9(6-10(8)12)7-11(2,3)4/h8-10,12H,5-7H2,1-4H3/q+1/t8-,9+,10-/m1/s1. The maximum Gasteiger partial charge on any atom is 0.0810 e. The highest BCUT2D eigenvalue weighted by Gasteiger charge is 2.32. The van der Waals surface area contributed by atoms with Crippen LogP contribution in [0.2, 0.25) is 0 Å². The largest absolute Gasteiger partial charge is 0.393 e. The minimum atomic E-state index is -0.0402. The first-order chi connectivity index (χ1) is 5.38. The van der Waals surface area contributed by atoms with Crippen LogP contribution in [0.3, 0.4) is 0 Å². The van der Waals surface area contributed by atoms with Crippen molar-refractivity contribution in [2.75, 3.05) is 27.7 Å². The van der Waals surface area contributed by atoms with Crippen LogP contribution in [0.5, 0.6) is 0 Å². The third kappa shape index (κ3) is 2.76. The van der Waals surface area contributed by atoms with Crippen molar-refractivity contribution in [1.29, 1.82) is 0 Å². The third-order valence-electron chi connectivity index (χ3n) is 2.74. The molecule has 0 heterocycles. The third-order valence-corrected chi connectivity index (χ3v) is 2.74. The molecule has 2 heteroatoms. The van der Waals surface area contributed by atoms with E-state index in [0.717, 1.165) is 16.8 Å². The zero-order chi connectivity index (χ0) is 9.35. The molecular formula is C10H22NO+. The molecule has 3 atom stereocenters. The quantitative estimate of drug-likeness (QED) is 0.618. The summed E-state index contributed by atoms with van der Waals surface area (Å²) in [5, 5.41) is 9.56. The maximum absolute atomic E-state index is 9.56. The predicted molar refractivity (Wildman–Crippen MR) is 50.8 cm³/mol. The minimum Gasteiger partial charge on any atom is -0.393 e. The molecule has 0 amide bonds. The highest BCUT2D eigenvalue weighted by Crippen LogP contribution is 2.31. The molecule has 1 aliphatic carbocycles. The van der Waals surface area contributed by atoms with Crippen molar-refractivity contribution < 1.29 is 9.59 Å². The molecule has 12 heavy (non-hydrogen) atoms. The molecule has 2 nitrogen and oxygen atoms in total. The number of nitrogens with zero attached hydrogens (tertiary/aromatic N) is 1. The molecule has 0 unspecified atom stereocenters. The molecule has 1 N–H and O–H groups in total. The molecule has 0 aromatic heterocycles. The van der Waals surface area contributed by atoms with Gasteiger partial charge in [0.1, 0.15) is 0 Å². The first-order valence-electron chi connectivity index (χ1n) is 4.87. The predicted octanol–water partition coefficient (Wildman–Crippen LogP) is 1.10. The smallest absolute Gasteiger partial charge is 0.0810 e. The van der Waals surface area contributed by atoms with Crippen molar-refractivity contribution in [1.82, 2.24) is 0 Å². The lowest BCUT2D eigenvalue weighted by Gasteiger charge is -2.27. The highest BCUT2D eigenvalue weighted by molar-refractivity contribution is 4.80. The van der Waals surface area contributed by atoms with Crippen molar-refractivity contribution >= 4 is 0 Å². The summed E-state index contributed by atoms with van der Waals surface area (Å²) in [7, 11) is 6.65. The maximum atomic E-state index is 9.56. The van der Waals surface area contributed by atoms with Gasteiger partial charge in [-0.05, 0) is 18.8 Å². The van der Waals surface area contributed by atoms with Crippen LogP contribution in [0, 0.1) is 11.8 Å². The number of quaternary nitrogens is 1. The molecule has 1 saturated carbocycles. The van der Waals surface area contributed by atoms with Gasteiger partial charge in [0.25, 0.3) is 0 Å². The van der Waals surface area contributed by atoms with Crippen LogP contribution in [0.1, 0.15) is 19.8 Å². The SMILES string of the molecule is C[C@@H]1C[C@H](C[N+](C)(C)C)C[C@H]1O. The van der Waals surface area contributed by atoms with E-state index < -0.39 is 0 Å². The lowest BCUT2D eigenvalue weighted by atomic mass is 10.1. The van der Waals surface area contributed by atoms with E-state index in [1.165, 1.54) is 13.0 Å². The van der Waals surface area contributed by atoms with Gasteiger partial charge in [-0.15, -0.1) is 0 Å². The molecule has 0 spiro atoms. The van der Waals surface area contributed by atoms with Crippen LogP contribution in [0.15, 0.2) is 0 Å². The Labute approximate surface area is 75.8 Å².